The van der Waals surface area contributed by atoms with Gasteiger partial charge in [0, 0.05) is 11.3 Å². The molecule has 0 amide bonds. The van der Waals surface area contributed by atoms with Gasteiger partial charge in [-0.25, -0.2) is 0 Å². The van der Waals surface area contributed by atoms with Crippen molar-refractivity contribution in [1.29, 1.82) is 0 Å². The van der Waals surface area contributed by atoms with E-state index in [4.69, 9.17) is 0 Å². The van der Waals surface area contributed by atoms with Gasteiger partial charge in [0.25, 0.3) is 0 Å². The van der Waals surface area contributed by atoms with Crippen molar-refractivity contribution in [2.24, 2.45) is 5.92 Å². The fraction of sp³-hybridized carbons (Fsp3) is 0.636. The summed E-state index contributed by atoms with van der Waals surface area (Å²) in [7, 11) is 0. The van der Waals surface area contributed by atoms with Gasteiger partial charge in [0.1, 0.15) is 0 Å². The molecule has 1 aromatic heterocycles. The van der Waals surface area contributed by atoms with Crippen LogP contribution in [0.5, 0.6) is 0 Å². The van der Waals surface area contributed by atoms with Crippen LogP contribution in [0.2, 0.25) is 0 Å². The molecule has 2 rings (SSSR count). The van der Waals surface area contributed by atoms with Gasteiger partial charge in [0.05, 0.1) is 5.60 Å². The molecule has 2 unspecified atom stereocenters. The van der Waals surface area contributed by atoms with Gasteiger partial charge in [-0.05, 0) is 30.2 Å². The molecule has 0 radical (unpaired) electrons. The maximum atomic E-state index is 10.3. The number of rotatable bonds is 2. The van der Waals surface area contributed by atoms with E-state index in [2.05, 4.69) is 24.4 Å². The van der Waals surface area contributed by atoms with Crippen LogP contribution in [0, 0.1) is 5.92 Å². The monoisotopic (exact) mass is 196 g/mol. The summed E-state index contributed by atoms with van der Waals surface area (Å²) in [6.07, 6.45) is 4.20. The van der Waals surface area contributed by atoms with E-state index in [0.29, 0.717) is 5.92 Å². The second-order valence-electron chi connectivity index (χ2n) is 4.15. The minimum absolute atomic E-state index is 0.412. The normalized spacial score (nSPS) is 33.8. The fourth-order valence-corrected chi connectivity index (χ4v) is 3.03. The molecule has 1 fully saturated rings. The van der Waals surface area contributed by atoms with Crippen molar-refractivity contribution in [2.45, 2.75) is 38.2 Å². The molecule has 0 aromatic carbocycles. The number of hydrogen-bond acceptors (Lipinski definition) is 2. The third-order valence-corrected chi connectivity index (χ3v) is 4.10. The predicted octanol–water partition coefficient (Wildman–Crippen LogP) is 2.84. The molecule has 1 aliphatic carbocycles. The van der Waals surface area contributed by atoms with Gasteiger partial charge >= 0.3 is 0 Å². The van der Waals surface area contributed by atoms with Crippen molar-refractivity contribution in [3.8, 4) is 0 Å². The van der Waals surface area contributed by atoms with Crippen LogP contribution >= 0.6 is 11.3 Å². The summed E-state index contributed by atoms with van der Waals surface area (Å²) >= 11 is 1.75. The average Bonchev–Trinajstić information content (AvgIpc) is 2.65. The Morgan fingerprint density at radius 3 is 3.08 bits per heavy atom. The van der Waals surface area contributed by atoms with Crippen LogP contribution in [0.1, 0.15) is 31.1 Å². The molecule has 72 valence electrons. The van der Waals surface area contributed by atoms with Gasteiger partial charge in [0.2, 0.25) is 0 Å². The molecule has 1 heterocycles. The van der Waals surface area contributed by atoms with Crippen LogP contribution < -0.4 is 0 Å². The molecule has 1 saturated carbocycles. The highest BCUT2D eigenvalue weighted by Crippen LogP contribution is 2.38. The first-order valence-corrected chi connectivity index (χ1v) is 5.83. The van der Waals surface area contributed by atoms with E-state index < -0.39 is 5.60 Å². The van der Waals surface area contributed by atoms with Crippen molar-refractivity contribution in [1.82, 2.24) is 0 Å². The van der Waals surface area contributed by atoms with Crippen LogP contribution in [-0.2, 0) is 6.42 Å². The summed E-state index contributed by atoms with van der Waals surface area (Å²) in [5.74, 6) is 0.467. The molecule has 0 aliphatic heterocycles. The Kier molecular flexibility index (Phi) is 2.43. The molecule has 2 heteroatoms. The first-order valence-electron chi connectivity index (χ1n) is 4.95. The molecular weight excluding hydrogens is 180 g/mol. The number of hydrogen-bond donors (Lipinski definition) is 1. The lowest BCUT2D eigenvalue weighted by Gasteiger charge is -2.26. The van der Waals surface area contributed by atoms with Crippen LogP contribution in [0.4, 0.5) is 0 Å². The summed E-state index contributed by atoms with van der Waals surface area (Å²) in [5, 5.41) is 12.4. The Labute approximate surface area is 83.4 Å². The highest BCUT2D eigenvalue weighted by molar-refractivity contribution is 7.09. The summed E-state index contributed by atoms with van der Waals surface area (Å²) in [5.41, 5.74) is -0.412. The smallest absolute Gasteiger partial charge is 0.0721 e. The maximum Gasteiger partial charge on any atom is 0.0721 e. The molecule has 2 atom stereocenters. The quantitative estimate of drug-likeness (QED) is 0.771. The SMILES string of the molecule is CC1CCCC1(O)Cc1cccs1. The largest absolute Gasteiger partial charge is 0.389 e. The standard InChI is InChI=1S/C11H16OS/c1-9-4-2-6-11(9,12)8-10-5-3-7-13-10/h3,5,7,9,12H,2,4,6,8H2,1H3. The zero-order valence-electron chi connectivity index (χ0n) is 7.99. The third kappa shape index (κ3) is 1.79. The Balaban J connectivity index is 2.08. The van der Waals surface area contributed by atoms with E-state index in [-0.39, 0.29) is 0 Å². The van der Waals surface area contributed by atoms with Gasteiger partial charge in [0.15, 0.2) is 0 Å². The predicted molar refractivity (Wildman–Crippen MR) is 56.0 cm³/mol. The number of aliphatic hydroxyl groups is 1. The van der Waals surface area contributed by atoms with E-state index >= 15 is 0 Å². The zero-order valence-corrected chi connectivity index (χ0v) is 8.81. The highest BCUT2D eigenvalue weighted by atomic mass is 32.1. The van der Waals surface area contributed by atoms with E-state index in [1.54, 1.807) is 11.3 Å². The van der Waals surface area contributed by atoms with Gasteiger partial charge in [-0.1, -0.05) is 19.4 Å². The first kappa shape index (κ1) is 9.22. The lowest BCUT2D eigenvalue weighted by molar-refractivity contribution is 0.0103. The maximum absolute atomic E-state index is 10.3. The van der Waals surface area contributed by atoms with Crippen molar-refractivity contribution in [2.75, 3.05) is 0 Å². The van der Waals surface area contributed by atoms with E-state index in [1.165, 1.54) is 17.7 Å². The minimum Gasteiger partial charge on any atom is -0.389 e. The third-order valence-electron chi connectivity index (χ3n) is 3.22. The highest BCUT2D eigenvalue weighted by Gasteiger charge is 2.38. The average molecular weight is 196 g/mol. The molecule has 1 N–H and O–H groups in total. The number of thiophene rings is 1. The van der Waals surface area contributed by atoms with E-state index in [1.807, 2.05) is 0 Å². The van der Waals surface area contributed by atoms with Gasteiger partial charge in [-0.2, -0.15) is 0 Å². The summed E-state index contributed by atoms with van der Waals surface area (Å²) in [6.45, 7) is 2.17. The fourth-order valence-electron chi connectivity index (χ4n) is 2.21. The van der Waals surface area contributed by atoms with E-state index in [9.17, 15) is 5.11 Å². The van der Waals surface area contributed by atoms with Crippen molar-refractivity contribution < 1.29 is 5.11 Å². The summed E-state index contributed by atoms with van der Waals surface area (Å²) in [4.78, 5) is 1.32. The first-order chi connectivity index (χ1) is 6.21. The van der Waals surface area contributed by atoms with Crippen molar-refractivity contribution >= 4 is 11.3 Å². The summed E-state index contributed by atoms with van der Waals surface area (Å²) < 4.78 is 0. The molecular formula is C11H16OS. The molecule has 13 heavy (non-hydrogen) atoms. The van der Waals surface area contributed by atoms with Crippen LogP contribution in [0.25, 0.3) is 0 Å². The molecule has 1 nitrogen and oxygen atoms in total. The van der Waals surface area contributed by atoms with Gasteiger partial charge in [-0.15, -0.1) is 11.3 Å². The Bertz CT molecular complexity index is 268. The van der Waals surface area contributed by atoms with Crippen molar-refractivity contribution in [3.63, 3.8) is 0 Å². The van der Waals surface area contributed by atoms with Crippen LogP contribution in [0.15, 0.2) is 17.5 Å². The molecule has 1 aliphatic rings. The Hall–Kier alpha value is -0.340. The minimum atomic E-state index is -0.412. The molecule has 1 aromatic rings. The second kappa shape index (κ2) is 3.43. The molecule has 0 bridgehead atoms. The topological polar surface area (TPSA) is 20.2 Å². The Morgan fingerprint density at radius 1 is 1.69 bits per heavy atom. The van der Waals surface area contributed by atoms with Crippen LogP contribution in [0.3, 0.4) is 0 Å². The zero-order chi connectivity index (χ0) is 9.31. The van der Waals surface area contributed by atoms with Gasteiger partial charge < -0.3 is 5.11 Å². The summed E-state index contributed by atoms with van der Waals surface area (Å²) in [6, 6.07) is 4.18. The Morgan fingerprint density at radius 2 is 2.54 bits per heavy atom. The molecule has 0 saturated heterocycles. The second-order valence-corrected chi connectivity index (χ2v) is 5.19. The van der Waals surface area contributed by atoms with Gasteiger partial charge in [-0.3, -0.25) is 0 Å². The van der Waals surface area contributed by atoms with E-state index in [0.717, 1.165) is 12.8 Å². The lowest BCUT2D eigenvalue weighted by Crippen LogP contribution is -2.33. The van der Waals surface area contributed by atoms with Crippen LogP contribution in [-0.4, -0.2) is 10.7 Å². The van der Waals surface area contributed by atoms with Crippen molar-refractivity contribution in [3.05, 3.63) is 22.4 Å². The lowest BCUT2D eigenvalue weighted by atomic mass is 9.88. The molecule has 0 spiro atoms.